The van der Waals surface area contributed by atoms with Crippen LogP contribution in [0.15, 0.2) is 0 Å². The zero-order valence-corrected chi connectivity index (χ0v) is 12.1. The molecule has 8 heteroatoms. The molecule has 0 saturated carbocycles. The summed E-state index contributed by atoms with van der Waals surface area (Å²) in [5, 5.41) is 2.39. The van der Waals surface area contributed by atoms with Crippen molar-refractivity contribution in [3.05, 3.63) is 0 Å². The number of hydrogen-bond donors (Lipinski definition) is 1. The predicted octanol–water partition coefficient (Wildman–Crippen LogP) is 1.30. The van der Waals surface area contributed by atoms with E-state index in [9.17, 15) is 18.0 Å². The van der Waals surface area contributed by atoms with Crippen LogP contribution in [0.2, 0.25) is 0 Å². The van der Waals surface area contributed by atoms with E-state index in [0.717, 1.165) is 26.2 Å². The first-order valence-electron chi connectivity index (χ1n) is 6.51. The standard InChI is InChI=1S/C12H22F3N3O2/c1-11(2,18-6-4-17(3)5-7-18)8-16-10(19)20-9-12(13,14)15/h4-9H2,1-3H3,(H,16,19). The number of likely N-dealkylation sites (N-methyl/N-ethyl adjacent to an activating group) is 1. The van der Waals surface area contributed by atoms with Gasteiger partial charge in [0.1, 0.15) is 0 Å². The van der Waals surface area contributed by atoms with E-state index in [2.05, 4.69) is 19.9 Å². The van der Waals surface area contributed by atoms with Crippen molar-refractivity contribution in [2.45, 2.75) is 25.6 Å². The molecule has 1 rings (SSSR count). The Kier molecular flexibility index (Phi) is 5.64. The number of nitrogens with one attached hydrogen (secondary N) is 1. The van der Waals surface area contributed by atoms with Crippen LogP contribution in [0.1, 0.15) is 13.8 Å². The van der Waals surface area contributed by atoms with Gasteiger partial charge >= 0.3 is 12.3 Å². The summed E-state index contributed by atoms with van der Waals surface area (Å²) in [5.74, 6) is 0. The summed E-state index contributed by atoms with van der Waals surface area (Å²) in [5.41, 5.74) is -0.321. The number of carbonyl (C=O) groups excluding carboxylic acids is 1. The van der Waals surface area contributed by atoms with E-state index >= 15 is 0 Å². The maximum absolute atomic E-state index is 11.9. The van der Waals surface area contributed by atoms with Crippen LogP contribution in [0, 0.1) is 0 Å². The molecule has 0 bridgehead atoms. The van der Waals surface area contributed by atoms with Gasteiger partial charge in [-0.1, -0.05) is 0 Å². The van der Waals surface area contributed by atoms with Gasteiger partial charge in [-0.05, 0) is 20.9 Å². The third-order valence-corrected chi connectivity index (χ3v) is 3.39. The fourth-order valence-electron chi connectivity index (χ4n) is 2.01. The van der Waals surface area contributed by atoms with Crippen LogP contribution in [0.3, 0.4) is 0 Å². The number of alkyl halides is 3. The van der Waals surface area contributed by atoms with Crippen LogP contribution in [0.25, 0.3) is 0 Å². The molecule has 0 aromatic heterocycles. The number of carbonyl (C=O) groups is 1. The molecule has 118 valence electrons. The molecule has 0 radical (unpaired) electrons. The molecule has 0 unspecified atom stereocenters. The van der Waals surface area contributed by atoms with Gasteiger partial charge in [-0.25, -0.2) is 4.79 Å². The minimum absolute atomic E-state index is 0.243. The Hall–Kier alpha value is -1.02. The third kappa shape index (κ3) is 5.96. The van der Waals surface area contributed by atoms with Gasteiger partial charge in [-0.3, -0.25) is 4.90 Å². The lowest BCUT2D eigenvalue weighted by Gasteiger charge is -2.43. The number of ether oxygens (including phenoxy) is 1. The molecule has 1 heterocycles. The fourth-order valence-corrected chi connectivity index (χ4v) is 2.01. The second kappa shape index (κ2) is 6.62. The highest BCUT2D eigenvalue weighted by Crippen LogP contribution is 2.16. The van der Waals surface area contributed by atoms with Crippen molar-refractivity contribution in [2.75, 3.05) is 46.4 Å². The topological polar surface area (TPSA) is 44.8 Å². The summed E-state index contributed by atoms with van der Waals surface area (Å²) >= 11 is 0. The third-order valence-electron chi connectivity index (χ3n) is 3.39. The average molecular weight is 297 g/mol. The van der Waals surface area contributed by atoms with Crippen molar-refractivity contribution in [3.8, 4) is 0 Å². The van der Waals surface area contributed by atoms with Crippen LogP contribution < -0.4 is 5.32 Å². The summed E-state index contributed by atoms with van der Waals surface area (Å²) in [6, 6.07) is 0. The van der Waals surface area contributed by atoms with Gasteiger partial charge in [-0.2, -0.15) is 13.2 Å². The molecule has 0 aromatic carbocycles. The second-order valence-corrected chi connectivity index (χ2v) is 5.65. The summed E-state index contributed by atoms with van der Waals surface area (Å²) in [6.45, 7) is 6.17. The highest BCUT2D eigenvalue weighted by Gasteiger charge is 2.31. The molecule has 0 aliphatic carbocycles. The smallest absolute Gasteiger partial charge is 0.422 e. The van der Waals surface area contributed by atoms with Gasteiger partial charge in [0.15, 0.2) is 6.61 Å². The largest absolute Gasteiger partial charge is 0.440 e. The Balaban J connectivity index is 2.33. The average Bonchev–Trinajstić information content (AvgIpc) is 2.34. The Morgan fingerprint density at radius 3 is 2.25 bits per heavy atom. The van der Waals surface area contributed by atoms with Gasteiger partial charge in [0.05, 0.1) is 0 Å². The lowest BCUT2D eigenvalue weighted by Crippen LogP contribution is -2.57. The number of halogens is 3. The Morgan fingerprint density at radius 2 is 1.75 bits per heavy atom. The number of alkyl carbamates (subject to hydrolysis) is 1. The first-order chi connectivity index (χ1) is 9.10. The van der Waals surface area contributed by atoms with E-state index in [4.69, 9.17) is 0 Å². The lowest BCUT2D eigenvalue weighted by atomic mass is 10.0. The van der Waals surface area contributed by atoms with Crippen molar-refractivity contribution >= 4 is 6.09 Å². The van der Waals surface area contributed by atoms with E-state index in [1.807, 2.05) is 20.9 Å². The summed E-state index contributed by atoms with van der Waals surface area (Å²) in [7, 11) is 2.04. The van der Waals surface area contributed by atoms with Crippen molar-refractivity contribution in [2.24, 2.45) is 0 Å². The predicted molar refractivity (Wildman–Crippen MR) is 68.6 cm³/mol. The maximum Gasteiger partial charge on any atom is 0.422 e. The van der Waals surface area contributed by atoms with Crippen LogP contribution in [-0.4, -0.2) is 74.0 Å². The highest BCUT2D eigenvalue weighted by atomic mass is 19.4. The van der Waals surface area contributed by atoms with Crippen molar-refractivity contribution < 1.29 is 22.7 Å². The molecule has 20 heavy (non-hydrogen) atoms. The Bertz CT molecular complexity index is 326. The fraction of sp³-hybridized carbons (Fsp3) is 0.917. The van der Waals surface area contributed by atoms with Gasteiger partial charge in [0.25, 0.3) is 0 Å². The van der Waals surface area contributed by atoms with Gasteiger partial charge in [0, 0.05) is 38.3 Å². The summed E-state index contributed by atoms with van der Waals surface area (Å²) in [4.78, 5) is 15.6. The Morgan fingerprint density at radius 1 is 1.20 bits per heavy atom. The monoisotopic (exact) mass is 297 g/mol. The molecule has 1 amide bonds. The minimum atomic E-state index is -4.50. The second-order valence-electron chi connectivity index (χ2n) is 5.65. The van der Waals surface area contributed by atoms with Gasteiger partial charge in [-0.15, -0.1) is 0 Å². The SMILES string of the molecule is CN1CCN(C(C)(C)CNC(=O)OCC(F)(F)F)CC1. The number of hydrogen-bond acceptors (Lipinski definition) is 4. The first-order valence-corrected chi connectivity index (χ1v) is 6.51. The number of nitrogens with zero attached hydrogens (tertiary/aromatic N) is 2. The van der Waals surface area contributed by atoms with Gasteiger partial charge < -0.3 is 15.0 Å². The number of amides is 1. The molecule has 1 fully saturated rings. The number of rotatable bonds is 4. The van der Waals surface area contributed by atoms with Crippen LogP contribution in [0.4, 0.5) is 18.0 Å². The molecular formula is C12H22F3N3O2. The van der Waals surface area contributed by atoms with Crippen molar-refractivity contribution in [3.63, 3.8) is 0 Å². The normalized spacial score (nSPS) is 18.9. The molecule has 0 aromatic rings. The maximum atomic E-state index is 11.9. The van der Waals surface area contributed by atoms with E-state index in [-0.39, 0.29) is 12.1 Å². The van der Waals surface area contributed by atoms with E-state index in [1.165, 1.54) is 0 Å². The first kappa shape index (κ1) is 17.0. The minimum Gasteiger partial charge on any atom is -0.440 e. The lowest BCUT2D eigenvalue weighted by molar-refractivity contribution is -0.160. The number of piperazine rings is 1. The molecule has 1 N–H and O–H groups in total. The van der Waals surface area contributed by atoms with Crippen molar-refractivity contribution in [1.29, 1.82) is 0 Å². The van der Waals surface area contributed by atoms with E-state index < -0.39 is 18.9 Å². The molecule has 5 nitrogen and oxygen atoms in total. The van der Waals surface area contributed by atoms with E-state index in [0.29, 0.717) is 0 Å². The summed E-state index contributed by atoms with van der Waals surface area (Å²) in [6.07, 6.45) is -5.53. The van der Waals surface area contributed by atoms with Crippen LogP contribution in [0.5, 0.6) is 0 Å². The molecule has 0 atom stereocenters. The van der Waals surface area contributed by atoms with E-state index in [1.54, 1.807) is 0 Å². The van der Waals surface area contributed by atoms with Crippen molar-refractivity contribution in [1.82, 2.24) is 15.1 Å². The quantitative estimate of drug-likeness (QED) is 0.849. The van der Waals surface area contributed by atoms with Gasteiger partial charge in [0.2, 0.25) is 0 Å². The zero-order valence-electron chi connectivity index (χ0n) is 12.1. The molecule has 0 spiro atoms. The van der Waals surface area contributed by atoms with Crippen LogP contribution >= 0.6 is 0 Å². The molecule has 1 aliphatic heterocycles. The zero-order chi connectivity index (χ0) is 15.4. The molecular weight excluding hydrogens is 275 g/mol. The molecule has 1 saturated heterocycles. The highest BCUT2D eigenvalue weighted by molar-refractivity contribution is 5.67. The van der Waals surface area contributed by atoms with Crippen LogP contribution in [-0.2, 0) is 4.74 Å². The molecule has 1 aliphatic rings. The Labute approximate surface area is 117 Å². The summed E-state index contributed by atoms with van der Waals surface area (Å²) < 4.78 is 39.8.